The Bertz CT molecular complexity index is 598. The second-order valence-corrected chi connectivity index (χ2v) is 7.31. The van der Waals surface area contributed by atoms with Gasteiger partial charge in [-0.1, -0.05) is 0 Å². The summed E-state index contributed by atoms with van der Waals surface area (Å²) in [6.45, 7) is 3.53. The number of rotatable bonds is 4. The molecule has 3 rings (SSSR count). The summed E-state index contributed by atoms with van der Waals surface area (Å²) in [6.07, 6.45) is 3.55. The van der Waals surface area contributed by atoms with Gasteiger partial charge in [0.25, 0.3) is 0 Å². The van der Waals surface area contributed by atoms with Crippen LogP contribution in [0.25, 0.3) is 0 Å². The zero-order chi connectivity index (χ0) is 17.1. The molecule has 3 heterocycles. The smallest absolute Gasteiger partial charge is 0.246 e. The molecule has 2 aliphatic rings. The van der Waals surface area contributed by atoms with E-state index in [1.165, 1.54) is 6.92 Å². The Balaban J connectivity index is 1.59. The van der Waals surface area contributed by atoms with E-state index in [0.717, 1.165) is 18.5 Å². The van der Waals surface area contributed by atoms with Crippen molar-refractivity contribution >= 4 is 23.6 Å². The molecule has 2 saturated heterocycles. The van der Waals surface area contributed by atoms with E-state index >= 15 is 0 Å². The number of aliphatic hydroxyl groups is 1. The van der Waals surface area contributed by atoms with E-state index in [0.29, 0.717) is 37.2 Å². The molecule has 132 valence electrons. The number of piperidine rings is 1. The first-order chi connectivity index (χ1) is 11.6. The van der Waals surface area contributed by atoms with Gasteiger partial charge < -0.3 is 14.9 Å². The maximum atomic E-state index is 12.7. The fourth-order valence-corrected chi connectivity index (χ4v) is 4.74. The highest BCUT2D eigenvalue weighted by Crippen LogP contribution is 2.30. The van der Waals surface area contributed by atoms with Crippen molar-refractivity contribution in [3.8, 4) is 0 Å². The molecular formula is C16H24N4O3S. The summed E-state index contributed by atoms with van der Waals surface area (Å²) in [5.74, 6) is 1.73. The van der Waals surface area contributed by atoms with Gasteiger partial charge in [0, 0.05) is 43.6 Å². The van der Waals surface area contributed by atoms with Crippen molar-refractivity contribution in [2.75, 3.05) is 31.3 Å². The van der Waals surface area contributed by atoms with E-state index in [1.54, 1.807) is 22.9 Å². The Morgan fingerprint density at radius 1 is 1.38 bits per heavy atom. The number of likely N-dealkylation sites (tertiary alicyclic amines) is 1. The van der Waals surface area contributed by atoms with Crippen molar-refractivity contribution in [1.29, 1.82) is 0 Å². The van der Waals surface area contributed by atoms with E-state index in [1.807, 2.05) is 15.6 Å². The van der Waals surface area contributed by atoms with E-state index in [4.69, 9.17) is 5.11 Å². The summed E-state index contributed by atoms with van der Waals surface area (Å²) in [7, 11) is 0. The van der Waals surface area contributed by atoms with Crippen LogP contribution in [0.15, 0.2) is 12.3 Å². The van der Waals surface area contributed by atoms with Gasteiger partial charge in [0.15, 0.2) is 0 Å². The Morgan fingerprint density at radius 3 is 2.79 bits per heavy atom. The minimum absolute atomic E-state index is 0.0267. The maximum Gasteiger partial charge on any atom is 0.246 e. The standard InChI is InChI=1S/C16H24N4O3S/c1-12(22)19-11-24-10-15(19)16(23)18-6-3-13(4-7-18)14-2-5-17-20(14)8-9-21/h2,5,13,15,21H,3-4,6-11H2,1H3. The lowest BCUT2D eigenvalue weighted by atomic mass is 9.93. The van der Waals surface area contributed by atoms with Crippen molar-refractivity contribution in [2.24, 2.45) is 0 Å². The second kappa shape index (κ2) is 7.57. The number of hydrogen-bond acceptors (Lipinski definition) is 5. The van der Waals surface area contributed by atoms with Crippen LogP contribution in [0.2, 0.25) is 0 Å². The number of aliphatic hydroxyl groups excluding tert-OH is 1. The molecule has 1 N–H and O–H groups in total. The van der Waals surface area contributed by atoms with Gasteiger partial charge in [-0.15, -0.1) is 11.8 Å². The van der Waals surface area contributed by atoms with Crippen LogP contribution >= 0.6 is 11.8 Å². The molecule has 0 radical (unpaired) electrons. The van der Waals surface area contributed by atoms with Crippen LogP contribution in [-0.4, -0.2) is 73.9 Å². The van der Waals surface area contributed by atoms with Gasteiger partial charge in [0.1, 0.15) is 6.04 Å². The normalized spacial score (nSPS) is 22.2. The van der Waals surface area contributed by atoms with Gasteiger partial charge in [-0.3, -0.25) is 14.3 Å². The summed E-state index contributed by atoms with van der Waals surface area (Å²) in [5, 5.41) is 13.4. The van der Waals surface area contributed by atoms with Gasteiger partial charge in [-0.05, 0) is 18.9 Å². The molecule has 7 nitrogen and oxygen atoms in total. The SMILES string of the molecule is CC(=O)N1CSCC1C(=O)N1CCC(c2ccnn2CCO)CC1. The summed E-state index contributed by atoms with van der Waals surface area (Å²) in [4.78, 5) is 28.0. The average molecular weight is 352 g/mol. The summed E-state index contributed by atoms with van der Waals surface area (Å²) in [6, 6.07) is 1.70. The van der Waals surface area contributed by atoms with Crippen molar-refractivity contribution in [2.45, 2.75) is 38.3 Å². The Kier molecular flexibility index (Phi) is 5.45. The molecule has 0 spiro atoms. The quantitative estimate of drug-likeness (QED) is 0.854. The fourth-order valence-electron chi connectivity index (χ4n) is 3.54. The van der Waals surface area contributed by atoms with Crippen molar-refractivity contribution < 1.29 is 14.7 Å². The molecule has 2 amide bonds. The molecule has 0 aliphatic carbocycles. The predicted molar refractivity (Wildman–Crippen MR) is 91.5 cm³/mol. The maximum absolute atomic E-state index is 12.7. The summed E-state index contributed by atoms with van der Waals surface area (Å²) in [5.41, 5.74) is 1.14. The molecule has 24 heavy (non-hydrogen) atoms. The van der Waals surface area contributed by atoms with Gasteiger partial charge in [0.05, 0.1) is 19.0 Å². The Hall–Kier alpha value is -1.54. The Morgan fingerprint density at radius 2 is 2.12 bits per heavy atom. The largest absolute Gasteiger partial charge is 0.394 e. The summed E-state index contributed by atoms with van der Waals surface area (Å²) < 4.78 is 1.85. The van der Waals surface area contributed by atoms with Gasteiger partial charge >= 0.3 is 0 Å². The number of thioether (sulfide) groups is 1. The number of carbonyl (C=O) groups excluding carboxylic acids is 2. The highest BCUT2D eigenvalue weighted by atomic mass is 32.2. The number of nitrogens with zero attached hydrogens (tertiary/aromatic N) is 4. The summed E-state index contributed by atoms with van der Waals surface area (Å²) >= 11 is 1.64. The van der Waals surface area contributed by atoms with Crippen LogP contribution in [0, 0.1) is 0 Å². The molecular weight excluding hydrogens is 328 g/mol. The highest BCUT2D eigenvalue weighted by molar-refractivity contribution is 7.99. The number of carbonyl (C=O) groups is 2. The van der Waals surface area contributed by atoms with Crippen LogP contribution < -0.4 is 0 Å². The van der Waals surface area contributed by atoms with Crippen LogP contribution in [-0.2, 0) is 16.1 Å². The van der Waals surface area contributed by atoms with Gasteiger partial charge in [-0.2, -0.15) is 5.10 Å². The van der Waals surface area contributed by atoms with E-state index in [9.17, 15) is 9.59 Å². The molecule has 2 fully saturated rings. The molecule has 1 aromatic heterocycles. The number of aromatic nitrogens is 2. The first kappa shape index (κ1) is 17.3. The average Bonchev–Trinajstić information content (AvgIpc) is 3.24. The third kappa shape index (κ3) is 3.44. The first-order valence-electron chi connectivity index (χ1n) is 8.38. The molecule has 1 unspecified atom stereocenters. The lowest BCUT2D eigenvalue weighted by Gasteiger charge is -2.35. The molecule has 1 atom stereocenters. The van der Waals surface area contributed by atoms with E-state index < -0.39 is 0 Å². The number of hydrogen-bond donors (Lipinski definition) is 1. The molecule has 0 bridgehead atoms. The van der Waals surface area contributed by atoms with Crippen molar-refractivity contribution in [3.05, 3.63) is 18.0 Å². The number of amides is 2. The predicted octanol–water partition coefficient (Wildman–Crippen LogP) is 0.503. The Labute approximate surface area is 146 Å². The molecule has 0 saturated carbocycles. The molecule has 2 aliphatic heterocycles. The van der Waals surface area contributed by atoms with Crippen molar-refractivity contribution in [1.82, 2.24) is 19.6 Å². The van der Waals surface area contributed by atoms with Gasteiger partial charge in [0.2, 0.25) is 11.8 Å². The van der Waals surface area contributed by atoms with E-state index in [2.05, 4.69) is 5.10 Å². The molecule has 1 aromatic rings. The highest BCUT2D eigenvalue weighted by Gasteiger charge is 2.37. The van der Waals surface area contributed by atoms with Gasteiger partial charge in [-0.25, -0.2) is 0 Å². The van der Waals surface area contributed by atoms with E-state index in [-0.39, 0.29) is 24.5 Å². The fraction of sp³-hybridized carbons (Fsp3) is 0.688. The molecule has 8 heteroatoms. The third-order valence-electron chi connectivity index (χ3n) is 4.86. The monoisotopic (exact) mass is 352 g/mol. The minimum atomic E-state index is -0.302. The lowest BCUT2D eigenvalue weighted by molar-refractivity contribution is -0.143. The van der Waals surface area contributed by atoms with Crippen LogP contribution in [0.4, 0.5) is 0 Å². The van der Waals surface area contributed by atoms with Crippen LogP contribution in [0.1, 0.15) is 31.4 Å². The third-order valence-corrected chi connectivity index (χ3v) is 5.87. The zero-order valence-corrected chi connectivity index (χ0v) is 14.7. The van der Waals surface area contributed by atoms with Crippen molar-refractivity contribution in [3.63, 3.8) is 0 Å². The minimum Gasteiger partial charge on any atom is -0.394 e. The van der Waals surface area contributed by atoms with Crippen LogP contribution in [0.5, 0.6) is 0 Å². The zero-order valence-electron chi connectivity index (χ0n) is 13.9. The topological polar surface area (TPSA) is 78.7 Å². The lowest BCUT2D eigenvalue weighted by Crippen LogP contribution is -2.50. The first-order valence-corrected chi connectivity index (χ1v) is 9.53. The molecule has 0 aromatic carbocycles. The van der Waals surface area contributed by atoms with Crippen LogP contribution in [0.3, 0.4) is 0 Å². The second-order valence-electron chi connectivity index (χ2n) is 6.31.